The Morgan fingerprint density at radius 3 is 2.11 bits per heavy atom. The fourth-order valence-corrected chi connectivity index (χ4v) is 2.33. The first-order valence-corrected chi connectivity index (χ1v) is 8.31. The standard InChI is InChI=1S/C21H22O7/c1-25-17-11-14(6-8-16(17)22)7-9-20(23)28-10-4-5-15-12-18(26-2)21(24)19(13-15)27-3/h4-9,11-13,22,24H,10H2,1-3H3/b5-4+,9-7+. The number of methoxy groups -OCH3 is 3. The van der Waals surface area contributed by atoms with Gasteiger partial charge >= 0.3 is 5.97 Å². The largest absolute Gasteiger partial charge is 0.504 e. The Balaban J connectivity index is 1.93. The van der Waals surface area contributed by atoms with Crippen molar-refractivity contribution in [3.63, 3.8) is 0 Å². The Kier molecular flexibility index (Phi) is 7.33. The van der Waals surface area contributed by atoms with Gasteiger partial charge in [-0.2, -0.15) is 0 Å². The van der Waals surface area contributed by atoms with Crippen molar-refractivity contribution in [2.45, 2.75) is 0 Å². The molecule has 0 unspecified atom stereocenters. The average Bonchev–Trinajstić information content (AvgIpc) is 2.71. The monoisotopic (exact) mass is 386 g/mol. The molecule has 0 aliphatic heterocycles. The van der Waals surface area contributed by atoms with Crippen LogP contribution in [-0.4, -0.2) is 44.1 Å². The van der Waals surface area contributed by atoms with E-state index in [4.69, 9.17) is 18.9 Å². The number of phenolic OH excluding ortho intramolecular Hbond substituents is 2. The van der Waals surface area contributed by atoms with Gasteiger partial charge in [0, 0.05) is 6.08 Å². The first-order chi connectivity index (χ1) is 13.5. The maximum absolute atomic E-state index is 11.8. The van der Waals surface area contributed by atoms with E-state index < -0.39 is 5.97 Å². The third-order valence-corrected chi connectivity index (χ3v) is 3.75. The Morgan fingerprint density at radius 2 is 1.50 bits per heavy atom. The van der Waals surface area contributed by atoms with E-state index in [1.54, 1.807) is 42.5 Å². The summed E-state index contributed by atoms with van der Waals surface area (Å²) in [5.41, 5.74) is 1.40. The number of rotatable bonds is 8. The SMILES string of the molecule is COc1cc(/C=C/C(=O)OC/C=C/c2cc(OC)c(O)c(OC)c2)ccc1O. The third kappa shape index (κ3) is 5.44. The lowest BCUT2D eigenvalue weighted by atomic mass is 10.1. The summed E-state index contributed by atoms with van der Waals surface area (Å²) in [6.45, 7) is 0.0631. The second-order valence-corrected chi connectivity index (χ2v) is 5.57. The number of carbonyl (C=O) groups is 1. The van der Waals surface area contributed by atoms with Gasteiger partial charge in [-0.15, -0.1) is 0 Å². The first kappa shape index (κ1) is 20.7. The van der Waals surface area contributed by atoms with Crippen LogP contribution in [0.1, 0.15) is 11.1 Å². The van der Waals surface area contributed by atoms with E-state index in [-0.39, 0.29) is 29.6 Å². The number of ether oxygens (including phenoxy) is 4. The van der Waals surface area contributed by atoms with Gasteiger partial charge in [0.15, 0.2) is 23.0 Å². The predicted octanol–water partition coefficient (Wildman–Crippen LogP) is 3.39. The van der Waals surface area contributed by atoms with Gasteiger partial charge in [-0.3, -0.25) is 0 Å². The molecule has 0 aliphatic carbocycles. The zero-order chi connectivity index (χ0) is 20.5. The van der Waals surface area contributed by atoms with Crippen LogP contribution in [0, 0.1) is 0 Å². The van der Waals surface area contributed by atoms with Crippen molar-refractivity contribution in [2.75, 3.05) is 27.9 Å². The second kappa shape index (κ2) is 9.91. The van der Waals surface area contributed by atoms with E-state index in [0.29, 0.717) is 16.9 Å². The number of hydrogen-bond acceptors (Lipinski definition) is 7. The van der Waals surface area contributed by atoms with Crippen molar-refractivity contribution in [1.82, 2.24) is 0 Å². The first-order valence-electron chi connectivity index (χ1n) is 8.31. The molecule has 0 atom stereocenters. The van der Waals surface area contributed by atoms with Crippen molar-refractivity contribution in [3.05, 3.63) is 53.6 Å². The number of hydrogen-bond donors (Lipinski definition) is 2. The lowest BCUT2D eigenvalue weighted by Crippen LogP contribution is -1.99. The van der Waals surface area contributed by atoms with Crippen LogP contribution >= 0.6 is 0 Å². The summed E-state index contributed by atoms with van der Waals surface area (Å²) in [5, 5.41) is 19.4. The zero-order valence-corrected chi connectivity index (χ0v) is 15.8. The predicted molar refractivity (Wildman–Crippen MR) is 105 cm³/mol. The summed E-state index contributed by atoms with van der Waals surface area (Å²) < 4.78 is 20.3. The summed E-state index contributed by atoms with van der Waals surface area (Å²) in [7, 11) is 4.34. The molecule has 0 heterocycles. The quantitative estimate of drug-likeness (QED) is 0.530. The van der Waals surface area contributed by atoms with Gasteiger partial charge in [-0.1, -0.05) is 12.1 Å². The summed E-state index contributed by atoms with van der Waals surface area (Å²) >= 11 is 0. The van der Waals surface area contributed by atoms with E-state index in [0.717, 1.165) is 0 Å². The summed E-state index contributed by atoms with van der Waals surface area (Å²) in [5.74, 6) is 0.307. The van der Waals surface area contributed by atoms with E-state index in [1.807, 2.05) is 0 Å². The van der Waals surface area contributed by atoms with Gasteiger partial charge in [0.1, 0.15) is 6.61 Å². The highest BCUT2D eigenvalue weighted by molar-refractivity contribution is 5.87. The van der Waals surface area contributed by atoms with Crippen LogP contribution in [-0.2, 0) is 9.53 Å². The molecule has 2 aromatic rings. The lowest BCUT2D eigenvalue weighted by Gasteiger charge is -2.09. The molecule has 2 aromatic carbocycles. The van der Waals surface area contributed by atoms with Gasteiger partial charge in [0.05, 0.1) is 21.3 Å². The highest BCUT2D eigenvalue weighted by Gasteiger charge is 2.09. The molecule has 2 rings (SSSR count). The van der Waals surface area contributed by atoms with E-state index in [2.05, 4.69) is 0 Å². The second-order valence-electron chi connectivity index (χ2n) is 5.57. The van der Waals surface area contributed by atoms with Gasteiger partial charge in [0.2, 0.25) is 5.75 Å². The number of carbonyl (C=O) groups excluding carboxylic acids is 1. The van der Waals surface area contributed by atoms with E-state index in [9.17, 15) is 15.0 Å². The molecule has 0 aromatic heterocycles. The van der Waals surface area contributed by atoms with Crippen LogP contribution in [0.2, 0.25) is 0 Å². The summed E-state index contributed by atoms with van der Waals surface area (Å²) in [6, 6.07) is 7.99. The molecule has 7 nitrogen and oxygen atoms in total. The number of aromatic hydroxyl groups is 2. The minimum Gasteiger partial charge on any atom is -0.504 e. The molecule has 0 aliphatic rings. The van der Waals surface area contributed by atoms with Gasteiger partial charge < -0.3 is 29.2 Å². The molecule has 0 saturated carbocycles. The molecule has 0 radical (unpaired) electrons. The molecule has 0 bridgehead atoms. The average molecular weight is 386 g/mol. The smallest absolute Gasteiger partial charge is 0.331 e. The number of benzene rings is 2. The van der Waals surface area contributed by atoms with Crippen LogP contribution in [0.3, 0.4) is 0 Å². The van der Waals surface area contributed by atoms with Crippen molar-refractivity contribution in [2.24, 2.45) is 0 Å². The van der Waals surface area contributed by atoms with Crippen LogP contribution in [0.4, 0.5) is 0 Å². The van der Waals surface area contributed by atoms with Crippen LogP contribution in [0.15, 0.2) is 42.5 Å². The molecule has 2 N–H and O–H groups in total. The number of esters is 1. The zero-order valence-electron chi connectivity index (χ0n) is 15.8. The Labute approximate surface area is 163 Å². The fraction of sp³-hybridized carbons (Fsp3) is 0.190. The van der Waals surface area contributed by atoms with Crippen molar-refractivity contribution in [1.29, 1.82) is 0 Å². The lowest BCUT2D eigenvalue weighted by molar-refractivity contribution is -0.136. The molecule has 28 heavy (non-hydrogen) atoms. The Hall–Kier alpha value is -3.61. The van der Waals surface area contributed by atoms with Crippen molar-refractivity contribution < 1.29 is 34.0 Å². The highest BCUT2D eigenvalue weighted by atomic mass is 16.5. The van der Waals surface area contributed by atoms with Gasteiger partial charge in [0.25, 0.3) is 0 Å². The minimum atomic E-state index is -0.516. The fourth-order valence-electron chi connectivity index (χ4n) is 2.33. The van der Waals surface area contributed by atoms with E-state index >= 15 is 0 Å². The molecular formula is C21H22O7. The maximum Gasteiger partial charge on any atom is 0.331 e. The van der Waals surface area contributed by atoms with Crippen molar-refractivity contribution >= 4 is 18.1 Å². The molecule has 0 spiro atoms. The summed E-state index contributed by atoms with van der Waals surface area (Å²) in [4.78, 5) is 11.8. The number of phenols is 2. The third-order valence-electron chi connectivity index (χ3n) is 3.75. The topological polar surface area (TPSA) is 94.5 Å². The minimum absolute atomic E-state index is 0.0230. The van der Waals surface area contributed by atoms with Crippen LogP contribution in [0.5, 0.6) is 28.7 Å². The molecule has 7 heteroatoms. The molecule has 0 saturated heterocycles. The molecule has 0 fully saturated rings. The molecule has 148 valence electrons. The summed E-state index contributed by atoms with van der Waals surface area (Å²) in [6.07, 6.45) is 6.21. The van der Waals surface area contributed by atoms with Crippen LogP contribution in [0.25, 0.3) is 12.2 Å². The van der Waals surface area contributed by atoms with Gasteiger partial charge in [-0.25, -0.2) is 4.79 Å². The molecular weight excluding hydrogens is 364 g/mol. The van der Waals surface area contributed by atoms with Crippen molar-refractivity contribution in [3.8, 4) is 28.7 Å². The Morgan fingerprint density at radius 1 is 0.893 bits per heavy atom. The Bertz CT molecular complexity index is 859. The molecule has 0 amide bonds. The maximum atomic E-state index is 11.8. The normalized spacial score (nSPS) is 11.0. The van der Waals surface area contributed by atoms with Gasteiger partial charge in [-0.05, 0) is 47.5 Å². The highest BCUT2D eigenvalue weighted by Crippen LogP contribution is 2.37. The van der Waals surface area contributed by atoms with Crippen LogP contribution < -0.4 is 14.2 Å². The van der Waals surface area contributed by atoms with E-state index in [1.165, 1.54) is 33.5 Å².